The predicted octanol–water partition coefficient (Wildman–Crippen LogP) is 3.05. The quantitative estimate of drug-likeness (QED) is 0.466. The van der Waals surface area contributed by atoms with Crippen molar-refractivity contribution in [3.05, 3.63) is 47.0 Å². The van der Waals surface area contributed by atoms with Crippen LogP contribution < -0.4 is 24.2 Å². The summed E-state index contributed by atoms with van der Waals surface area (Å²) in [4.78, 5) is 13.2. The van der Waals surface area contributed by atoms with Crippen molar-refractivity contribution in [3.8, 4) is 17.2 Å². The van der Waals surface area contributed by atoms with Gasteiger partial charge in [0.15, 0.2) is 11.5 Å². The molecule has 0 heterocycles. The van der Waals surface area contributed by atoms with Gasteiger partial charge in [0, 0.05) is 18.2 Å². The first-order valence-electron chi connectivity index (χ1n) is 10.3. The second-order valence-electron chi connectivity index (χ2n) is 7.46. The van der Waals surface area contributed by atoms with Crippen molar-refractivity contribution in [2.45, 2.75) is 37.8 Å². The van der Waals surface area contributed by atoms with Gasteiger partial charge >= 0.3 is 0 Å². The maximum absolute atomic E-state index is 13.1. The summed E-state index contributed by atoms with van der Waals surface area (Å²) < 4.78 is 44.7. The molecule has 0 fully saturated rings. The number of ether oxygens (including phenoxy) is 3. The van der Waals surface area contributed by atoms with Crippen LogP contribution in [0.4, 0.5) is 0 Å². The van der Waals surface area contributed by atoms with Crippen LogP contribution in [-0.2, 0) is 21.4 Å². The number of benzene rings is 2. The Kier molecular flexibility index (Phi) is 9.87. The number of amides is 1. The van der Waals surface area contributed by atoms with E-state index < -0.39 is 22.0 Å². The van der Waals surface area contributed by atoms with E-state index in [9.17, 15) is 13.2 Å². The fourth-order valence-corrected chi connectivity index (χ4v) is 5.29. The van der Waals surface area contributed by atoms with Crippen molar-refractivity contribution < 1.29 is 27.4 Å². The molecule has 1 atom stereocenters. The number of methoxy groups -OCH3 is 3. The standard InChI is InChI=1S/C23H32N2O6S2/c1-15-7-8-16(2)22(11-15)33(27,28)25-18(9-10-32-6)23(26)24-14-17-12-20(30-4)21(31-5)13-19(17)29-3/h7-8,11-13,18,25H,9-10,14H2,1-6H3,(H,24,26). The molecule has 2 aromatic carbocycles. The highest BCUT2D eigenvalue weighted by Crippen LogP contribution is 2.34. The van der Waals surface area contributed by atoms with E-state index in [1.165, 1.54) is 33.1 Å². The van der Waals surface area contributed by atoms with E-state index in [-0.39, 0.29) is 11.4 Å². The summed E-state index contributed by atoms with van der Waals surface area (Å²) in [6.45, 7) is 3.69. The summed E-state index contributed by atoms with van der Waals surface area (Å²) in [5.41, 5.74) is 2.11. The van der Waals surface area contributed by atoms with Crippen LogP contribution in [0.15, 0.2) is 35.2 Å². The summed E-state index contributed by atoms with van der Waals surface area (Å²) >= 11 is 1.54. The second kappa shape index (κ2) is 12.2. The lowest BCUT2D eigenvalue weighted by atomic mass is 10.1. The van der Waals surface area contributed by atoms with Crippen LogP contribution in [0.2, 0.25) is 0 Å². The van der Waals surface area contributed by atoms with Gasteiger partial charge in [0.1, 0.15) is 11.8 Å². The first-order valence-corrected chi connectivity index (χ1v) is 13.2. The highest BCUT2D eigenvalue weighted by molar-refractivity contribution is 7.98. The van der Waals surface area contributed by atoms with Gasteiger partial charge in [-0.1, -0.05) is 12.1 Å². The van der Waals surface area contributed by atoms with Gasteiger partial charge < -0.3 is 19.5 Å². The number of hydrogen-bond acceptors (Lipinski definition) is 7. The Balaban J connectivity index is 2.24. The lowest BCUT2D eigenvalue weighted by molar-refractivity contribution is -0.122. The molecular weight excluding hydrogens is 464 g/mol. The molecule has 0 saturated carbocycles. The summed E-state index contributed by atoms with van der Waals surface area (Å²) in [6.07, 6.45) is 2.25. The third kappa shape index (κ3) is 7.02. The van der Waals surface area contributed by atoms with Crippen molar-refractivity contribution in [2.75, 3.05) is 33.3 Å². The zero-order chi connectivity index (χ0) is 24.6. The molecule has 0 aliphatic rings. The van der Waals surface area contributed by atoms with Gasteiger partial charge in [-0.3, -0.25) is 4.79 Å². The molecule has 33 heavy (non-hydrogen) atoms. The molecule has 0 aromatic heterocycles. The lowest BCUT2D eigenvalue weighted by Crippen LogP contribution is -2.46. The molecule has 0 aliphatic heterocycles. The molecule has 1 amide bonds. The number of hydrogen-bond donors (Lipinski definition) is 2. The van der Waals surface area contributed by atoms with Crippen LogP contribution >= 0.6 is 11.8 Å². The molecule has 10 heteroatoms. The van der Waals surface area contributed by atoms with Crippen molar-refractivity contribution >= 4 is 27.7 Å². The molecule has 0 spiro atoms. The third-order valence-electron chi connectivity index (χ3n) is 5.10. The molecular formula is C23H32N2O6S2. The zero-order valence-corrected chi connectivity index (χ0v) is 21.5. The molecule has 0 aliphatic carbocycles. The van der Waals surface area contributed by atoms with Gasteiger partial charge in [0.25, 0.3) is 0 Å². The molecule has 0 bridgehead atoms. The fraction of sp³-hybridized carbons (Fsp3) is 0.435. The van der Waals surface area contributed by atoms with Gasteiger partial charge in [0.05, 0.1) is 26.2 Å². The molecule has 2 aromatic rings. The third-order valence-corrected chi connectivity index (χ3v) is 7.36. The Morgan fingerprint density at radius 2 is 1.64 bits per heavy atom. The number of carbonyl (C=O) groups is 1. The van der Waals surface area contributed by atoms with E-state index in [4.69, 9.17) is 14.2 Å². The largest absolute Gasteiger partial charge is 0.496 e. The molecule has 0 radical (unpaired) electrons. The molecule has 2 rings (SSSR count). The molecule has 0 saturated heterocycles. The summed E-state index contributed by atoms with van der Waals surface area (Å²) in [5.74, 6) is 1.72. The molecule has 182 valence electrons. The van der Waals surface area contributed by atoms with Crippen molar-refractivity contribution in [1.82, 2.24) is 10.0 Å². The average molecular weight is 497 g/mol. The van der Waals surface area contributed by atoms with Gasteiger partial charge in [-0.05, 0) is 55.5 Å². The topological polar surface area (TPSA) is 103 Å². The Morgan fingerprint density at radius 1 is 1.00 bits per heavy atom. The smallest absolute Gasteiger partial charge is 0.241 e. The number of nitrogens with one attached hydrogen (secondary N) is 2. The monoisotopic (exact) mass is 496 g/mol. The first kappa shape index (κ1) is 26.8. The maximum atomic E-state index is 13.1. The summed E-state index contributed by atoms with van der Waals surface area (Å²) in [6, 6.07) is 7.68. The molecule has 1 unspecified atom stereocenters. The van der Waals surface area contributed by atoms with Crippen molar-refractivity contribution in [3.63, 3.8) is 0 Å². The van der Waals surface area contributed by atoms with Crippen LogP contribution in [0.5, 0.6) is 17.2 Å². The SMILES string of the molecule is COc1cc(OC)c(OC)cc1CNC(=O)C(CCSC)NS(=O)(=O)c1cc(C)ccc1C. The van der Waals surface area contributed by atoms with Gasteiger partial charge in [0.2, 0.25) is 15.9 Å². The predicted molar refractivity (Wildman–Crippen MR) is 131 cm³/mol. The van der Waals surface area contributed by atoms with Crippen molar-refractivity contribution in [2.24, 2.45) is 0 Å². The van der Waals surface area contributed by atoms with Gasteiger partial charge in [-0.2, -0.15) is 16.5 Å². The Bertz CT molecular complexity index is 1070. The highest BCUT2D eigenvalue weighted by atomic mass is 32.2. The number of rotatable bonds is 12. The van der Waals surface area contributed by atoms with E-state index in [2.05, 4.69) is 10.0 Å². The number of carbonyl (C=O) groups excluding carboxylic acids is 1. The number of thioether (sulfide) groups is 1. The van der Waals surface area contributed by atoms with E-state index in [0.29, 0.717) is 40.5 Å². The molecule has 8 nitrogen and oxygen atoms in total. The zero-order valence-electron chi connectivity index (χ0n) is 19.9. The number of sulfonamides is 1. The average Bonchev–Trinajstić information content (AvgIpc) is 2.80. The second-order valence-corrected chi connectivity index (χ2v) is 10.1. The van der Waals surface area contributed by atoms with Gasteiger partial charge in [-0.25, -0.2) is 8.42 Å². The van der Waals surface area contributed by atoms with E-state index in [0.717, 1.165) is 5.56 Å². The van der Waals surface area contributed by atoms with E-state index >= 15 is 0 Å². The summed E-state index contributed by atoms with van der Waals surface area (Å²) in [7, 11) is 0.681. The first-order chi connectivity index (χ1) is 15.7. The minimum Gasteiger partial charge on any atom is -0.496 e. The van der Waals surface area contributed by atoms with Crippen LogP contribution in [0.25, 0.3) is 0 Å². The fourth-order valence-electron chi connectivity index (χ4n) is 3.26. The maximum Gasteiger partial charge on any atom is 0.241 e. The van der Waals surface area contributed by atoms with E-state index in [1.807, 2.05) is 19.2 Å². The van der Waals surface area contributed by atoms with Crippen LogP contribution in [0.1, 0.15) is 23.1 Å². The normalized spacial score (nSPS) is 12.2. The molecule has 2 N–H and O–H groups in total. The minimum atomic E-state index is -3.88. The van der Waals surface area contributed by atoms with Crippen LogP contribution in [-0.4, -0.2) is 53.7 Å². The Labute approximate surface area is 200 Å². The summed E-state index contributed by atoms with van der Waals surface area (Å²) in [5, 5.41) is 2.82. The Morgan fingerprint density at radius 3 is 2.24 bits per heavy atom. The van der Waals surface area contributed by atoms with Crippen molar-refractivity contribution in [1.29, 1.82) is 0 Å². The van der Waals surface area contributed by atoms with Crippen LogP contribution in [0, 0.1) is 13.8 Å². The van der Waals surface area contributed by atoms with Crippen LogP contribution in [0.3, 0.4) is 0 Å². The minimum absolute atomic E-state index is 0.128. The Hall–Kier alpha value is -2.43. The lowest BCUT2D eigenvalue weighted by Gasteiger charge is -2.20. The highest BCUT2D eigenvalue weighted by Gasteiger charge is 2.27. The van der Waals surface area contributed by atoms with E-state index in [1.54, 1.807) is 31.2 Å². The number of aryl methyl sites for hydroxylation is 2. The van der Waals surface area contributed by atoms with Gasteiger partial charge in [-0.15, -0.1) is 0 Å².